The maximum absolute atomic E-state index is 11.6. The summed E-state index contributed by atoms with van der Waals surface area (Å²) in [7, 11) is 0. The molecule has 0 fully saturated rings. The Morgan fingerprint density at radius 2 is 1.56 bits per heavy atom. The second kappa shape index (κ2) is 6.82. The van der Waals surface area contributed by atoms with Crippen molar-refractivity contribution in [3.63, 3.8) is 0 Å². The van der Waals surface area contributed by atoms with Gasteiger partial charge in [0.15, 0.2) is 0 Å². The summed E-state index contributed by atoms with van der Waals surface area (Å²) in [4.78, 5) is 27.0. The Hall–Kier alpha value is -1.80. The van der Waals surface area contributed by atoms with Crippen LogP contribution in [0.3, 0.4) is 0 Å². The first-order valence-electron chi connectivity index (χ1n) is 5.04. The Bertz CT molecular complexity index is 480. The molecular formula is C13H9N2O2Pt-. The molecule has 0 aliphatic carbocycles. The molecule has 1 heterocycles. The van der Waals surface area contributed by atoms with Gasteiger partial charge in [-0.15, -0.1) is 0 Å². The van der Waals surface area contributed by atoms with Gasteiger partial charge in [0.2, 0.25) is 0 Å². The predicted molar refractivity (Wildman–Crippen MR) is 62.7 cm³/mol. The van der Waals surface area contributed by atoms with Gasteiger partial charge in [0.1, 0.15) is 5.91 Å². The number of carbonyl (C=O) groups excluding carboxylic acids is 2. The average molecular weight is 420 g/mol. The molecule has 0 bridgehead atoms. The normalized spacial score (nSPS) is 9.11. The molecule has 1 aromatic carbocycles. The number of pyridine rings is 1. The van der Waals surface area contributed by atoms with Gasteiger partial charge in [-0.05, 0) is 17.7 Å². The molecule has 2 rings (SSSR count). The molecule has 4 nitrogen and oxygen atoms in total. The summed E-state index contributed by atoms with van der Waals surface area (Å²) in [5, 5.41) is 3.48. The molecule has 0 aliphatic heterocycles. The summed E-state index contributed by atoms with van der Waals surface area (Å²) in [6, 6.07) is 13.3. The van der Waals surface area contributed by atoms with Crippen LogP contribution < -0.4 is 0 Å². The van der Waals surface area contributed by atoms with Gasteiger partial charge in [-0.3, -0.25) is 4.98 Å². The van der Waals surface area contributed by atoms with E-state index in [-0.39, 0.29) is 26.8 Å². The topological polar surface area (TPSA) is 61.1 Å². The van der Waals surface area contributed by atoms with Gasteiger partial charge in [0.05, 0.1) is 11.6 Å². The van der Waals surface area contributed by atoms with E-state index < -0.39 is 11.8 Å². The van der Waals surface area contributed by atoms with Crippen molar-refractivity contribution in [3.8, 4) is 0 Å². The zero-order chi connectivity index (χ0) is 12.1. The van der Waals surface area contributed by atoms with Crippen molar-refractivity contribution >= 4 is 11.8 Å². The Kier molecular flexibility index (Phi) is 5.40. The van der Waals surface area contributed by atoms with E-state index in [4.69, 9.17) is 0 Å². The van der Waals surface area contributed by atoms with Crippen LogP contribution in [-0.2, 0) is 21.1 Å². The fourth-order valence-corrected chi connectivity index (χ4v) is 1.28. The van der Waals surface area contributed by atoms with Gasteiger partial charge in [0.25, 0.3) is 0 Å². The Morgan fingerprint density at radius 3 is 2.17 bits per heavy atom. The monoisotopic (exact) mass is 420 g/mol. The molecule has 0 radical (unpaired) electrons. The number of benzene rings is 1. The van der Waals surface area contributed by atoms with E-state index in [2.05, 4.69) is 10.3 Å². The van der Waals surface area contributed by atoms with Crippen molar-refractivity contribution in [2.75, 3.05) is 0 Å². The van der Waals surface area contributed by atoms with E-state index >= 15 is 0 Å². The number of hydrogen-bond donors (Lipinski definition) is 0. The zero-order valence-electron chi connectivity index (χ0n) is 9.22. The quantitative estimate of drug-likeness (QED) is 0.702. The van der Waals surface area contributed by atoms with Crippen molar-refractivity contribution in [1.29, 1.82) is 0 Å². The maximum Gasteiger partial charge on any atom is 0.106 e. The van der Waals surface area contributed by atoms with Crippen molar-refractivity contribution in [2.45, 2.75) is 0 Å². The van der Waals surface area contributed by atoms with E-state index in [9.17, 15) is 9.59 Å². The minimum Gasteiger partial charge on any atom is -0.586 e. The fraction of sp³-hybridized carbons (Fsp3) is 0. The van der Waals surface area contributed by atoms with Crippen molar-refractivity contribution in [3.05, 3.63) is 71.3 Å². The van der Waals surface area contributed by atoms with E-state index in [1.165, 1.54) is 12.3 Å². The molecule has 2 amide bonds. The molecule has 94 valence electrons. The van der Waals surface area contributed by atoms with Crippen molar-refractivity contribution < 1.29 is 30.7 Å². The summed E-state index contributed by atoms with van der Waals surface area (Å²) in [5.41, 5.74) is 0.550. The van der Waals surface area contributed by atoms with Crippen LogP contribution in [0.25, 0.3) is 5.32 Å². The van der Waals surface area contributed by atoms with Gasteiger partial charge in [0, 0.05) is 27.3 Å². The second-order valence-corrected chi connectivity index (χ2v) is 3.30. The van der Waals surface area contributed by atoms with Crippen LogP contribution in [0.2, 0.25) is 0 Å². The van der Waals surface area contributed by atoms with E-state index in [1.807, 2.05) is 0 Å². The number of nitrogens with zero attached hydrogens (tertiary/aromatic N) is 2. The van der Waals surface area contributed by atoms with Crippen LogP contribution in [0.5, 0.6) is 0 Å². The molecule has 0 unspecified atom stereocenters. The number of carbonyl (C=O) groups is 2. The minimum atomic E-state index is -0.626. The first kappa shape index (κ1) is 14.3. The molecule has 0 saturated carbocycles. The summed E-state index contributed by atoms with van der Waals surface area (Å²) in [6.45, 7) is 0. The predicted octanol–water partition coefficient (Wildman–Crippen LogP) is 2.43. The van der Waals surface area contributed by atoms with Gasteiger partial charge in [-0.2, -0.15) is 0 Å². The van der Waals surface area contributed by atoms with E-state index in [0.717, 1.165) is 0 Å². The van der Waals surface area contributed by atoms with Crippen LogP contribution >= 0.6 is 0 Å². The molecule has 5 heteroatoms. The molecule has 0 N–H and O–H groups in total. The van der Waals surface area contributed by atoms with E-state index in [1.54, 1.807) is 42.5 Å². The molecule has 0 aliphatic rings. The Morgan fingerprint density at radius 1 is 0.889 bits per heavy atom. The van der Waals surface area contributed by atoms with Gasteiger partial charge >= 0.3 is 0 Å². The van der Waals surface area contributed by atoms with Crippen LogP contribution in [0.15, 0.2) is 54.7 Å². The smallest absolute Gasteiger partial charge is 0.106 e. The number of aromatic nitrogens is 1. The van der Waals surface area contributed by atoms with Crippen LogP contribution in [0.4, 0.5) is 0 Å². The zero-order valence-corrected chi connectivity index (χ0v) is 11.5. The van der Waals surface area contributed by atoms with Crippen molar-refractivity contribution in [1.82, 2.24) is 4.98 Å². The summed E-state index contributed by atoms with van der Waals surface area (Å²) in [5.74, 6) is -1.18. The summed E-state index contributed by atoms with van der Waals surface area (Å²) >= 11 is 0. The van der Waals surface area contributed by atoms with Gasteiger partial charge < -0.3 is 14.9 Å². The van der Waals surface area contributed by atoms with E-state index in [0.29, 0.717) is 5.56 Å². The number of imide groups is 1. The molecule has 0 saturated heterocycles. The standard InChI is InChI=1S/C13H10N2O2.Pt/c16-12(10-6-2-1-3-7-10)15-13(17)11-8-4-5-9-14-11;/h1-9H,(H,15,16,17);/p-1. The summed E-state index contributed by atoms with van der Waals surface area (Å²) < 4.78 is 0. The average Bonchev–Trinajstić information content (AvgIpc) is 2.40. The van der Waals surface area contributed by atoms with Crippen LogP contribution in [-0.4, -0.2) is 16.8 Å². The van der Waals surface area contributed by atoms with Crippen LogP contribution in [0.1, 0.15) is 20.8 Å². The third-order valence-corrected chi connectivity index (χ3v) is 2.11. The van der Waals surface area contributed by atoms with Crippen molar-refractivity contribution in [2.24, 2.45) is 0 Å². The largest absolute Gasteiger partial charge is 0.586 e. The molecular weight excluding hydrogens is 411 g/mol. The number of amides is 2. The Balaban J connectivity index is 0.00000162. The van der Waals surface area contributed by atoms with Gasteiger partial charge in [-0.1, -0.05) is 36.4 Å². The third-order valence-electron chi connectivity index (χ3n) is 2.11. The SMILES string of the molecule is O=C([N-]C(=O)c1ccccn1)c1ccccc1.[Pt]. The molecule has 0 atom stereocenters. The number of hydrogen-bond acceptors (Lipinski definition) is 3. The fourth-order valence-electron chi connectivity index (χ4n) is 1.28. The van der Waals surface area contributed by atoms with Crippen LogP contribution in [0, 0.1) is 0 Å². The molecule has 0 spiro atoms. The first-order valence-corrected chi connectivity index (χ1v) is 5.04. The minimum absolute atomic E-state index is 0. The second-order valence-electron chi connectivity index (χ2n) is 3.30. The number of rotatable bonds is 2. The first-order chi connectivity index (χ1) is 8.27. The summed E-state index contributed by atoms with van der Waals surface area (Å²) in [6.07, 6.45) is 1.48. The third kappa shape index (κ3) is 3.60. The maximum atomic E-state index is 11.6. The molecule has 18 heavy (non-hydrogen) atoms. The Labute approximate surface area is 119 Å². The molecule has 1 aromatic heterocycles. The van der Waals surface area contributed by atoms with Gasteiger partial charge in [-0.25, -0.2) is 0 Å². The molecule has 2 aromatic rings.